The average molecular weight is 361 g/mol. The number of anilines is 3. The fraction of sp³-hybridized carbons (Fsp3) is 0.143. The van der Waals surface area contributed by atoms with Gasteiger partial charge in [0.2, 0.25) is 0 Å². The van der Waals surface area contributed by atoms with E-state index in [4.69, 9.17) is 5.73 Å². The first kappa shape index (κ1) is 15.5. The van der Waals surface area contributed by atoms with Crippen molar-refractivity contribution in [1.29, 1.82) is 0 Å². The van der Waals surface area contributed by atoms with Gasteiger partial charge in [-0.3, -0.25) is 0 Å². The smallest absolute Gasteiger partial charge is 0.405 e. The number of alkyl halides is 3. The number of rotatable bonds is 3. The molecule has 0 spiro atoms. The van der Waals surface area contributed by atoms with Crippen molar-refractivity contribution >= 4 is 33.0 Å². The van der Waals surface area contributed by atoms with Gasteiger partial charge < -0.3 is 15.8 Å². The molecule has 0 aliphatic rings. The molecular formula is C14H12BrF3N2O. The Labute approximate surface area is 128 Å². The van der Waals surface area contributed by atoms with Gasteiger partial charge in [-0.1, -0.05) is 12.1 Å². The molecule has 0 aliphatic heterocycles. The van der Waals surface area contributed by atoms with E-state index in [9.17, 15) is 13.2 Å². The van der Waals surface area contributed by atoms with Crippen molar-refractivity contribution in [3.8, 4) is 5.75 Å². The van der Waals surface area contributed by atoms with Crippen LogP contribution in [-0.4, -0.2) is 6.36 Å². The number of nitrogens with two attached hydrogens (primary N) is 1. The van der Waals surface area contributed by atoms with Crippen LogP contribution in [0.5, 0.6) is 5.75 Å². The van der Waals surface area contributed by atoms with Gasteiger partial charge in [0.05, 0.1) is 15.8 Å². The van der Waals surface area contributed by atoms with Crippen LogP contribution >= 0.6 is 15.9 Å². The fourth-order valence-electron chi connectivity index (χ4n) is 1.73. The summed E-state index contributed by atoms with van der Waals surface area (Å²) in [7, 11) is 0. The zero-order valence-corrected chi connectivity index (χ0v) is 12.5. The zero-order valence-electron chi connectivity index (χ0n) is 11.0. The number of nitrogens with one attached hydrogen (secondary N) is 1. The summed E-state index contributed by atoms with van der Waals surface area (Å²) in [6.07, 6.45) is -4.72. The van der Waals surface area contributed by atoms with Crippen molar-refractivity contribution in [2.24, 2.45) is 0 Å². The predicted molar refractivity (Wildman–Crippen MR) is 79.7 cm³/mol. The van der Waals surface area contributed by atoms with Crippen LogP contribution in [-0.2, 0) is 0 Å². The molecule has 0 aromatic heterocycles. The summed E-state index contributed by atoms with van der Waals surface area (Å²) >= 11 is 3.05. The molecular weight excluding hydrogens is 349 g/mol. The van der Waals surface area contributed by atoms with Gasteiger partial charge in [0.15, 0.2) is 0 Å². The molecule has 0 saturated heterocycles. The molecule has 3 nitrogen and oxygen atoms in total. The average Bonchev–Trinajstić information content (AvgIpc) is 2.37. The van der Waals surface area contributed by atoms with Gasteiger partial charge in [0.1, 0.15) is 5.75 Å². The van der Waals surface area contributed by atoms with Crippen molar-refractivity contribution in [2.75, 3.05) is 11.1 Å². The molecule has 21 heavy (non-hydrogen) atoms. The van der Waals surface area contributed by atoms with Crippen molar-refractivity contribution in [2.45, 2.75) is 13.3 Å². The molecule has 112 valence electrons. The predicted octanol–water partition coefficient (Wildman–Crippen LogP) is 4.98. The highest BCUT2D eigenvalue weighted by Gasteiger charge is 2.31. The maximum atomic E-state index is 12.2. The van der Waals surface area contributed by atoms with Crippen LogP contribution < -0.4 is 15.8 Å². The van der Waals surface area contributed by atoms with Crippen LogP contribution in [0, 0.1) is 6.92 Å². The Morgan fingerprint density at radius 1 is 1.19 bits per heavy atom. The van der Waals surface area contributed by atoms with Crippen LogP contribution in [0.3, 0.4) is 0 Å². The van der Waals surface area contributed by atoms with Gasteiger partial charge >= 0.3 is 6.36 Å². The maximum absolute atomic E-state index is 12.2. The fourth-order valence-corrected chi connectivity index (χ4v) is 2.19. The first-order valence-electron chi connectivity index (χ1n) is 5.93. The van der Waals surface area contributed by atoms with Gasteiger partial charge in [-0.25, -0.2) is 0 Å². The van der Waals surface area contributed by atoms with Gasteiger partial charge in [0.25, 0.3) is 0 Å². The van der Waals surface area contributed by atoms with Crippen molar-refractivity contribution in [1.82, 2.24) is 0 Å². The third-order valence-corrected chi connectivity index (χ3v) is 3.38. The largest absolute Gasteiger partial charge is 0.573 e. The molecule has 0 amide bonds. The van der Waals surface area contributed by atoms with E-state index in [0.717, 1.165) is 5.56 Å². The highest BCUT2D eigenvalue weighted by Crippen LogP contribution is 2.34. The first-order chi connectivity index (χ1) is 9.76. The first-order valence-corrected chi connectivity index (χ1v) is 6.73. The number of hydrogen-bond donors (Lipinski definition) is 2. The van der Waals surface area contributed by atoms with Gasteiger partial charge in [0, 0.05) is 5.69 Å². The summed E-state index contributed by atoms with van der Waals surface area (Å²) < 4.78 is 40.6. The van der Waals surface area contributed by atoms with E-state index in [1.54, 1.807) is 6.07 Å². The quantitative estimate of drug-likeness (QED) is 0.758. The molecule has 0 heterocycles. The topological polar surface area (TPSA) is 47.3 Å². The van der Waals surface area contributed by atoms with Gasteiger partial charge in [-0.15, -0.1) is 13.2 Å². The van der Waals surface area contributed by atoms with Crippen LogP contribution in [0.4, 0.5) is 30.2 Å². The molecule has 2 aromatic carbocycles. The maximum Gasteiger partial charge on any atom is 0.573 e. The van der Waals surface area contributed by atoms with Gasteiger partial charge in [-0.05, 0) is 52.7 Å². The van der Waals surface area contributed by atoms with Crippen molar-refractivity contribution in [3.63, 3.8) is 0 Å². The standard InChI is InChI=1S/C14H12BrF3N2O/c1-8-3-2-4-11(13(8)19)20-9-5-6-12(10(15)7-9)21-14(16,17)18/h2-7,20H,19H2,1H3. The van der Waals surface area contributed by atoms with E-state index < -0.39 is 6.36 Å². The minimum absolute atomic E-state index is 0.191. The number of ether oxygens (including phenoxy) is 1. The number of nitrogen functional groups attached to an aromatic ring is 1. The van der Waals surface area contributed by atoms with Crippen LogP contribution in [0.2, 0.25) is 0 Å². The highest BCUT2D eigenvalue weighted by atomic mass is 79.9. The van der Waals surface area contributed by atoms with Gasteiger partial charge in [-0.2, -0.15) is 0 Å². The third-order valence-electron chi connectivity index (χ3n) is 2.76. The SMILES string of the molecule is Cc1cccc(Nc2ccc(OC(F)(F)F)c(Br)c2)c1N. The van der Waals surface area contributed by atoms with Crippen LogP contribution in [0.25, 0.3) is 0 Å². The number of halogens is 4. The summed E-state index contributed by atoms with van der Waals surface area (Å²) in [6, 6.07) is 9.69. The lowest BCUT2D eigenvalue weighted by atomic mass is 10.1. The Morgan fingerprint density at radius 3 is 2.52 bits per heavy atom. The lowest BCUT2D eigenvalue weighted by Gasteiger charge is -2.14. The second kappa shape index (κ2) is 5.85. The molecule has 0 atom stereocenters. The molecule has 2 aromatic rings. The molecule has 0 saturated carbocycles. The second-order valence-electron chi connectivity index (χ2n) is 4.35. The van der Waals surface area contributed by atoms with Crippen molar-refractivity contribution in [3.05, 3.63) is 46.4 Å². The van der Waals surface area contributed by atoms with E-state index in [0.29, 0.717) is 17.1 Å². The van der Waals surface area contributed by atoms with Crippen LogP contribution in [0.15, 0.2) is 40.9 Å². The Kier molecular flexibility index (Phi) is 4.32. The summed E-state index contributed by atoms with van der Waals surface area (Å²) in [5.41, 5.74) is 8.71. The number of hydrogen-bond acceptors (Lipinski definition) is 3. The summed E-state index contributed by atoms with van der Waals surface area (Å²) in [4.78, 5) is 0. The number of para-hydroxylation sites is 1. The van der Waals surface area contributed by atoms with E-state index in [2.05, 4.69) is 26.0 Å². The Morgan fingerprint density at radius 2 is 1.90 bits per heavy atom. The summed E-state index contributed by atoms with van der Waals surface area (Å²) in [6.45, 7) is 1.87. The molecule has 3 N–H and O–H groups in total. The van der Waals surface area contributed by atoms with Crippen molar-refractivity contribution < 1.29 is 17.9 Å². The van der Waals surface area contributed by atoms with Crippen LogP contribution in [0.1, 0.15) is 5.56 Å². The van der Waals surface area contributed by atoms with E-state index >= 15 is 0 Å². The second-order valence-corrected chi connectivity index (χ2v) is 5.21. The molecule has 2 rings (SSSR count). The number of aryl methyl sites for hydroxylation is 1. The number of benzene rings is 2. The van der Waals surface area contributed by atoms with E-state index in [-0.39, 0.29) is 10.2 Å². The molecule has 0 unspecified atom stereocenters. The minimum atomic E-state index is -4.72. The van der Waals surface area contributed by atoms with E-state index in [1.807, 2.05) is 19.1 Å². The zero-order chi connectivity index (χ0) is 15.6. The molecule has 0 radical (unpaired) electrons. The Bertz CT molecular complexity index is 659. The minimum Gasteiger partial charge on any atom is -0.405 e. The Balaban J connectivity index is 2.23. The van der Waals surface area contributed by atoms with E-state index in [1.165, 1.54) is 18.2 Å². The monoisotopic (exact) mass is 360 g/mol. The molecule has 7 heteroatoms. The third kappa shape index (κ3) is 4.04. The normalized spacial score (nSPS) is 11.3. The lowest BCUT2D eigenvalue weighted by Crippen LogP contribution is -2.17. The highest BCUT2D eigenvalue weighted by molar-refractivity contribution is 9.10. The molecule has 0 fully saturated rings. The molecule has 0 bridgehead atoms. The summed E-state index contributed by atoms with van der Waals surface area (Å²) in [5, 5.41) is 3.05. The molecule has 0 aliphatic carbocycles. The summed E-state index contributed by atoms with van der Waals surface area (Å²) in [5.74, 6) is -0.301. The Hall–Kier alpha value is -1.89. The lowest BCUT2D eigenvalue weighted by molar-refractivity contribution is -0.274.